The average molecular weight is 267 g/mol. The van der Waals surface area contributed by atoms with Gasteiger partial charge in [-0.15, -0.1) is 0 Å². The Balaban J connectivity index is 2.05. The van der Waals surface area contributed by atoms with Crippen molar-refractivity contribution in [2.45, 2.75) is 6.61 Å². The number of rotatable bonds is 3. The molecule has 0 N–H and O–H groups in total. The smallest absolute Gasteiger partial charge is 0.131 e. The maximum Gasteiger partial charge on any atom is 0.131 e. The highest BCUT2D eigenvalue weighted by Gasteiger charge is 2.05. The molecule has 1 aromatic carbocycles. The highest BCUT2D eigenvalue weighted by atomic mass is 79.9. The first-order valence-electron chi connectivity index (χ1n) is 4.61. The molecule has 0 aliphatic rings. The van der Waals surface area contributed by atoms with Gasteiger partial charge in [0, 0.05) is 7.05 Å². The zero-order chi connectivity index (χ0) is 10.7. The molecular weight excluding hydrogens is 256 g/mol. The number of ether oxygens (including phenoxy) is 1. The van der Waals surface area contributed by atoms with Crippen molar-refractivity contribution in [3.05, 3.63) is 46.7 Å². The van der Waals surface area contributed by atoms with Crippen molar-refractivity contribution in [2.75, 3.05) is 0 Å². The van der Waals surface area contributed by atoms with Crippen molar-refractivity contribution in [3.8, 4) is 5.75 Å². The van der Waals surface area contributed by atoms with E-state index in [-0.39, 0.29) is 0 Å². The quantitative estimate of drug-likeness (QED) is 0.855. The van der Waals surface area contributed by atoms with Crippen LogP contribution in [0.2, 0.25) is 0 Å². The van der Waals surface area contributed by atoms with E-state index in [4.69, 9.17) is 4.74 Å². The summed E-state index contributed by atoms with van der Waals surface area (Å²) in [5.41, 5.74) is 1.03. The Bertz CT molecular complexity index is 420. The second-order valence-corrected chi connectivity index (χ2v) is 4.02. The number of benzene rings is 1. The number of aromatic nitrogens is 2. The Morgan fingerprint density at radius 1 is 1.33 bits per heavy atom. The summed E-state index contributed by atoms with van der Waals surface area (Å²) < 4.78 is 8.39. The molecule has 78 valence electrons. The van der Waals surface area contributed by atoms with Gasteiger partial charge in [-0.3, -0.25) is 4.68 Å². The topological polar surface area (TPSA) is 27.1 Å². The molecule has 0 aliphatic heterocycles. The molecule has 2 rings (SSSR count). The molecule has 0 saturated carbocycles. The van der Waals surface area contributed by atoms with Gasteiger partial charge in [-0.2, -0.15) is 5.10 Å². The Morgan fingerprint density at radius 2 is 2.07 bits per heavy atom. The molecule has 0 saturated heterocycles. The van der Waals surface area contributed by atoms with E-state index in [1.165, 1.54) is 0 Å². The van der Waals surface area contributed by atoms with Crippen LogP contribution in [-0.4, -0.2) is 9.78 Å². The number of hydrogen-bond donors (Lipinski definition) is 0. The van der Waals surface area contributed by atoms with Crippen molar-refractivity contribution in [1.29, 1.82) is 0 Å². The van der Waals surface area contributed by atoms with Crippen LogP contribution < -0.4 is 4.74 Å². The predicted octanol–water partition coefficient (Wildman–Crippen LogP) is 2.76. The van der Waals surface area contributed by atoms with Gasteiger partial charge in [-0.25, -0.2) is 0 Å². The van der Waals surface area contributed by atoms with Crippen LogP contribution in [0.3, 0.4) is 0 Å². The first-order valence-corrected chi connectivity index (χ1v) is 5.41. The lowest BCUT2D eigenvalue weighted by molar-refractivity contribution is 0.294. The largest absolute Gasteiger partial charge is 0.487 e. The summed E-state index contributed by atoms with van der Waals surface area (Å²) in [5, 5.41) is 4.12. The molecule has 0 unspecified atom stereocenters. The molecule has 0 fully saturated rings. The Hall–Kier alpha value is -1.29. The van der Waals surface area contributed by atoms with E-state index >= 15 is 0 Å². The number of hydrogen-bond acceptors (Lipinski definition) is 2. The third kappa shape index (κ3) is 2.39. The molecule has 3 nitrogen and oxygen atoms in total. The SMILES string of the molecule is Cn1ncc(Br)c1COc1ccccc1. The van der Waals surface area contributed by atoms with Crippen LogP contribution in [-0.2, 0) is 13.7 Å². The van der Waals surface area contributed by atoms with Gasteiger partial charge in [-0.1, -0.05) is 18.2 Å². The molecule has 0 bridgehead atoms. The summed E-state index contributed by atoms with van der Waals surface area (Å²) in [6, 6.07) is 9.74. The van der Waals surface area contributed by atoms with Crippen LogP contribution in [0.5, 0.6) is 5.75 Å². The summed E-state index contributed by atoms with van der Waals surface area (Å²) >= 11 is 3.43. The molecule has 0 spiro atoms. The fourth-order valence-electron chi connectivity index (χ4n) is 1.27. The molecule has 0 aliphatic carbocycles. The molecule has 15 heavy (non-hydrogen) atoms. The third-order valence-electron chi connectivity index (χ3n) is 2.13. The lowest BCUT2D eigenvalue weighted by atomic mass is 10.3. The van der Waals surface area contributed by atoms with Crippen LogP contribution in [0.4, 0.5) is 0 Å². The Kier molecular flexibility index (Phi) is 3.06. The third-order valence-corrected chi connectivity index (χ3v) is 2.79. The second kappa shape index (κ2) is 4.49. The molecule has 4 heteroatoms. The molecular formula is C11H11BrN2O. The minimum Gasteiger partial charge on any atom is -0.487 e. The van der Waals surface area contributed by atoms with Gasteiger partial charge in [0.15, 0.2) is 0 Å². The van der Waals surface area contributed by atoms with Crippen molar-refractivity contribution >= 4 is 15.9 Å². The van der Waals surface area contributed by atoms with Crippen LogP contribution in [0.25, 0.3) is 0 Å². The highest BCUT2D eigenvalue weighted by molar-refractivity contribution is 9.10. The van der Waals surface area contributed by atoms with Gasteiger partial charge < -0.3 is 4.74 Å². The summed E-state index contributed by atoms with van der Waals surface area (Å²) in [7, 11) is 1.90. The van der Waals surface area contributed by atoms with Gasteiger partial charge in [-0.05, 0) is 28.1 Å². The molecule has 0 atom stereocenters. The van der Waals surface area contributed by atoms with Gasteiger partial charge in [0.25, 0.3) is 0 Å². The monoisotopic (exact) mass is 266 g/mol. The summed E-state index contributed by atoms with van der Waals surface area (Å²) in [6.07, 6.45) is 1.77. The number of para-hydroxylation sites is 1. The first kappa shape index (κ1) is 10.2. The number of halogens is 1. The Morgan fingerprint density at radius 3 is 2.67 bits per heavy atom. The summed E-state index contributed by atoms with van der Waals surface area (Å²) in [4.78, 5) is 0. The lowest BCUT2D eigenvalue weighted by Crippen LogP contribution is -2.03. The van der Waals surface area contributed by atoms with Crippen molar-refractivity contribution in [1.82, 2.24) is 9.78 Å². The zero-order valence-corrected chi connectivity index (χ0v) is 9.94. The lowest BCUT2D eigenvalue weighted by Gasteiger charge is -2.06. The van der Waals surface area contributed by atoms with Crippen molar-refractivity contribution in [2.24, 2.45) is 7.05 Å². The van der Waals surface area contributed by atoms with E-state index in [9.17, 15) is 0 Å². The van der Waals surface area contributed by atoms with E-state index in [1.807, 2.05) is 37.4 Å². The molecule has 0 radical (unpaired) electrons. The summed E-state index contributed by atoms with van der Waals surface area (Å²) in [5.74, 6) is 0.866. The standard InChI is InChI=1S/C11H11BrN2O/c1-14-11(10(12)7-13-14)8-15-9-5-3-2-4-6-9/h2-7H,8H2,1H3. The maximum atomic E-state index is 5.62. The van der Waals surface area contributed by atoms with Crippen LogP contribution in [0.1, 0.15) is 5.69 Å². The molecule has 1 aromatic heterocycles. The van der Waals surface area contributed by atoms with E-state index in [0.29, 0.717) is 6.61 Å². The van der Waals surface area contributed by atoms with Crippen molar-refractivity contribution in [3.63, 3.8) is 0 Å². The average Bonchev–Trinajstić information content (AvgIpc) is 2.58. The normalized spacial score (nSPS) is 10.3. The Labute approximate surface area is 96.8 Å². The van der Waals surface area contributed by atoms with Gasteiger partial charge >= 0.3 is 0 Å². The minimum atomic E-state index is 0.515. The molecule has 1 heterocycles. The first-order chi connectivity index (χ1) is 7.27. The number of nitrogens with zero attached hydrogens (tertiary/aromatic N) is 2. The van der Waals surface area contributed by atoms with E-state index in [2.05, 4.69) is 21.0 Å². The molecule has 0 amide bonds. The van der Waals surface area contributed by atoms with E-state index < -0.39 is 0 Å². The van der Waals surface area contributed by atoms with Gasteiger partial charge in [0.1, 0.15) is 12.4 Å². The fraction of sp³-hybridized carbons (Fsp3) is 0.182. The van der Waals surface area contributed by atoms with Gasteiger partial charge in [0.05, 0.1) is 16.4 Å². The van der Waals surface area contributed by atoms with Crippen LogP contribution >= 0.6 is 15.9 Å². The molecule has 2 aromatic rings. The fourth-order valence-corrected chi connectivity index (χ4v) is 1.73. The summed E-state index contributed by atoms with van der Waals surface area (Å²) in [6.45, 7) is 0.515. The predicted molar refractivity (Wildman–Crippen MR) is 61.7 cm³/mol. The van der Waals surface area contributed by atoms with Crippen LogP contribution in [0.15, 0.2) is 41.0 Å². The minimum absolute atomic E-state index is 0.515. The van der Waals surface area contributed by atoms with Gasteiger partial charge in [0.2, 0.25) is 0 Å². The highest BCUT2D eigenvalue weighted by Crippen LogP contribution is 2.17. The maximum absolute atomic E-state index is 5.62. The van der Waals surface area contributed by atoms with Crippen LogP contribution in [0, 0.1) is 0 Å². The van der Waals surface area contributed by atoms with Crippen molar-refractivity contribution < 1.29 is 4.74 Å². The van der Waals surface area contributed by atoms with E-state index in [1.54, 1.807) is 10.9 Å². The van der Waals surface area contributed by atoms with E-state index in [0.717, 1.165) is 15.9 Å². The second-order valence-electron chi connectivity index (χ2n) is 3.16. The number of aryl methyl sites for hydroxylation is 1. The zero-order valence-electron chi connectivity index (χ0n) is 8.35.